The van der Waals surface area contributed by atoms with E-state index in [4.69, 9.17) is 4.74 Å². The predicted octanol–water partition coefficient (Wildman–Crippen LogP) is 2.47. The summed E-state index contributed by atoms with van der Waals surface area (Å²) in [6.45, 7) is 0. The number of aliphatic hydroxyl groups is 1. The third-order valence-electron chi connectivity index (χ3n) is 2.85. The molecule has 0 bridgehead atoms. The highest BCUT2D eigenvalue weighted by molar-refractivity contribution is 9.10. The van der Waals surface area contributed by atoms with Crippen LogP contribution < -0.4 is 4.74 Å². The van der Waals surface area contributed by atoms with Crippen molar-refractivity contribution in [1.82, 2.24) is 9.55 Å². The lowest BCUT2D eigenvalue weighted by atomic mass is 10.0. The van der Waals surface area contributed by atoms with Crippen molar-refractivity contribution in [3.05, 3.63) is 46.5 Å². The summed E-state index contributed by atoms with van der Waals surface area (Å²) in [6.07, 6.45) is 3.24. The van der Waals surface area contributed by atoms with Gasteiger partial charge in [0.2, 0.25) is 0 Å². The Kier molecular flexibility index (Phi) is 4.04. The minimum absolute atomic E-state index is 0.488. The summed E-state index contributed by atoms with van der Waals surface area (Å²) in [5.74, 6) is 0.777. The Morgan fingerprint density at radius 3 is 2.89 bits per heavy atom. The topological polar surface area (TPSA) is 47.3 Å². The summed E-state index contributed by atoms with van der Waals surface area (Å²) < 4.78 is 8.08. The summed E-state index contributed by atoms with van der Waals surface area (Å²) in [4.78, 5) is 4.01. The number of aryl methyl sites for hydroxylation is 1. The van der Waals surface area contributed by atoms with Gasteiger partial charge in [-0.3, -0.25) is 0 Å². The molecule has 0 radical (unpaired) electrons. The molecule has 0 spiro atoms. The lowest BCUT2D eigenvalue weighted by Gasteiger charge is -2.14. The van der Waals surface area contributed by atoms with Gasteiger partial charge in [-0.25, -0.2) is 4.98 Å². The lowest BCUT2D eigenvalue weighted by molar-refractivity contribution is 0.169. The van der Waals surface area contributed by atoms with Crippen LogP contribution in [0.5, 0.6) is 5.75 Å². The van der Waals surface area contributed by atoms with Gasteiger partial charge in [-0.05, 0) is 23.8 Å². The van der Waals surface area contributed by atoms with Crippen molar-refractivity contribution in [2.75, 3.05) is 7.11 Å². The smallest absolute Gasteiger partial charge is 0.122 e. The van der Waals surface area contributed by atoms with Crippen LogP contribution in [0.25, 0.3) is 0 Å². The predicted molar refractivity (Wildman–Crippen MR) is 72.6 cm³/mol. The molecule has 1 N–H and O–H groups in total. The summed E-state index contributed by atoms with van der Waals surface area (Å²) in [7, 11) is 3.49. The Morgan fingerprint density at radius 1 is 1.50 bits per heavy atom. The van der Waals surface area contributed by atoms with E-state index in [1.54, 1.807) is 19.6 Å². The van der Waals surface area contributed by atoms with Crippen molar-refractivity contribution >= 4 is 15.9 Å². The van der Waals surface area contributed by atoms with E-state index < -0.39 is 6.10 Å². The molecule has 0 aliphatic heterocycles. The zero-order chi connectivity index (χ0) is 13.1. The average Bonchev–Trinajstić information content (AvgIpc) is 2.76. The fraction of sp³-hybridized carbons (Fsp3) is 0.308. The van der Waals surface area contributed by atoms with Crippen LogP contribution in [0.1, 0.15) is 17.4 Å². The number of imidazole rings is 1. The molecule has 0 saturated heterocycles. The fourth-order valence-corrected chi connectivity index (χ4v) is 2.32. The number of halogens is 1. The van der Waals surface area contributed by atoms with Crippen molar-refractivity contribution in [3.63, 3.8) is 0 Å². The molecule has 96 valence electrons. The minimum atomic E-state index is -0.597. The number of aliphatic hydroxyl groups excluding tert-OH is 1. The van der Waals surface area contributed by atoms with Crippen LogP contribution in [0.4, 0.5) is 0 Å². The van der Waals surface area contributed by atoms with Crippen LogP contribution in [0, 0.1) is 0 Å². The molecule has 1 aromatic heterocycles. The first-order valence-corrected chi connectivity index (χ1v) is 6.38. The first-order chi connectivity index (χ1) is 8.61. The highest BCUT2D eigenvalue weighted by Crippen LogP contribution is 2.27. The number of rotatable bonds is 4. The summed E-state index contributed by atoms with van der Waals surface area (Å²) in [5, 5.41) is 10.2. The van der Waals surface area contributed by atoms with Gasteiger partial charge in [0.15, 0.2) is 0 Å². The zero-order valence-corrected chi connectivity index (χ0v) is 11.9. The van der Waals surface area contributed by atoms with Crippen molar-refractivity contribution in [2.24, 2.45) is 7.05 Å². The van der Waals surface area contributed by atoms with Gasteiger partial charge in [0.25, 0.3) is 0 Å². The number of ether oxygens (including phenoxy) is 1. The molecular formula is C13H15BrN2O2. The summed E-state index contributed by atoms with van der Waals surface area (Å²) in [5.41, 5.74) is 1.75. The maximum absolute atomic E-state index is 10.2. The number of hydrogen-bond acceptors (Lipinski definition) is 3. The fourth-order valence-electron chi connectivity index (χ4n) is 1.91. The van der Waals surface area contributed by atoms with Crippen LogP contribution >= 0.6 is 15.9 Å². The number of hydrogen-bond donors (Lipinski definition) is 1. The molecule has 2 rings (SSSR count). The van der Waals surface area contributed by atoms with Gasteiger partial charge in [-0.1, -0.05) is 15.9 Å². The maximum Gasteiger partial charge on any atom is 0.122 e. The summed E-state index contributed by atoms with van der Waals surface area (Å²) >= 11 is 3.42. The van der Waals surface area contributed by atoms with Gasteiger partial charge >= 0.3 is 0 Å². The quantitative estimate of drug-likeness (QED) is 0.943. The number of methoxy groups -OCH3 is 1. The van der Waals surface area contributed by atoms with Gasteiger partial charge in [0.05, 0.1) is 31.4 Å². The number of aromatic nitrogens is 2. The maximum atomic E-state index is 10.2. The Bertz CT molecular complexity index is 540. The SMILES string of the molecule is COc1ccc(Br)cc1CC(O)c1cncn1C. The Hall–Kier alpha value is -1.33. The van der Waals surface area contributed by atoms with E-state index >= 15 is 0 Å². The number of benzene rings is 1. The van der Waals surface area contributed by atoms with Crippen molar-refractivity contribution < 1.29 is 9.84 Å². The van der Waals surface area contributed by atoms with Crippen LogP contribution in [-0.2, 0) is 13.5 Å². The highest BCUT2D eigenvalue weighted by atomic mass is 79.9. The molecule has 1 atom stereocenters. The van der Waals surface area contributed by atoms with E-state index in [9.17, 15) is 5.11 Å². The molecule has 18 heavy (non-hydrogen) atoms. The standard InChI is InChI=1S/C13H15BrN2O2/c1-16-8-15-7-11(16)12(17)6-9-5-10(14)3-4-13(9)18-2/h3-5,7-8,12,17H,6H2,1-2H3. The van der Waals surface area contributed by atoms with Gasteiger partial charge < -0.3 is 14.4 Å². The molecule has 4 nitrogen and oxygen atoms in total. The van der Waals surface area contributed by atoms with Crippen LogP contribution in [0.3, 0.4) is 0 Å². The number of nitrogens with zero attached hydrogens (tertiary/aromatic N) is 2. The van der Waals surface area contributed by atoms with E-state index in [-0.39, 0.29) is 0 Å². The first-order valence-electron chi connectivity index (χ1n) is 5.58. The first kappa shape index (κ1) is 13.1. The zero-order valence-electron chi connectivity index (χ0n) is 10.3. The molecule has 0 fully saturated rings. The van der Waals surface area contributed by atoms with E-state index in [1.807, 2.05) is 29.8 Å². The molecule has 0 aliphatic rings. The lowest BCUT2D eigenvalue weighted by Crippen LogP contribution is -2.07. The molecule has 0 amide bonds. The van der Waals surface area contributed by atoms with Gasteiger partial charge in [-0.2, -0.15) is 0 Å². The molecule has 0 saturated carbocycles. The molecule has 1 unspecified atom stereocenters. The van der Waals surface area contributed by atoms with Gasteiger partial charge in [0, 0.05) is 17.9 Å². The van der Waals surface area contributed by atoms with E-state index in [1.165, 1.54) is 0 Å². The normalized spacial score (nSPS) is 12.4. The van der Waals surface area contributed by atoms with Crippen LogP contribution in [-0.4, -0.2) is 21.8 Å². The molecule has 2 aromatic rings. The van der Waals surface area contributed by atoms with Crippen LogP contribution in [0.2, 0.25) is 0 Å². The highest BCUT2D eigenvalue weighted by Gasteiger charge is 2.15. The van der Waals surface area contributed by atoms with Crippen LogP contribution in [0.15, 0.2) is 35.2 Å². The Balaban J connectivity index is 2.23. The third-order valence-corrected chi connectivity index (χ3v) is 3.34. The molecule has 0 aliphatic carbocycles. The molecular weight excluding hydrogens is 296 g/mol. The minimum Gasteiger partial charge on any atom is -0.496 e. The Morgan fingerprint density at radius 2 is 2.28 bits per heavy atom. The van der Waals surface area contributed by atoms with Crippen molar-refractivity contribution in [2.45, 2.75) is 12.5 Å². The van der Waals surface area contributed by atoms with Gasteiger partial charge in [-0.15, -0.1) is 0 Å². The second-order valence-electron chi connectivity index (χ2n) is 4.11. The molecule has 1 heterocycles. The van der Waals surface area contributed by atoms with E-state index in [2.05, 4.69) is 20.9 Å². The monoisotopic (exact) mass is 310 g/mol. The molecule has 5 heteroatoms. The summed E-state index contributed by atoms with van der Waals surface area (Å²) in [6, 6.07) is 5.76. The molecule has 1 aromatic carbocycles. The second-order valence-corrected chi connectivity index (χ2v) is 5.02. The van der Waals surface area contributed by atoms with Crippen molar-refractivity contribution in [1.29, 1.82) is 0 Å². The largest absolute Gasteiger partial charge is 0.496 e. The second kappa shape index (κ2) is 5.54. The van der Waals surface area contributed by atoms with Gasteiger partial charge in [0.1, 0.15) is 5.75 Å². The Labute approximate surface area is 114 Å². The third kappa shape index (κ3) is 2.73. The van der Waals surface area contributed by atoms with E-state index in [0.29, 0.717) is 6.42 Å². The van der Waals surface area contributed by atoms with Crippen molar-refractivity contribution in [3.8, 4) is 5.75 Å². The van der Waals surface area contributed by atoms with E-state index in [0.717, 1.165) is 21.5 Å². The average molecular weight is 311 g/mol.